The Morgan fingerprint density at radius 3 is 1.37 bits per heavy atom. The van der Waals surface area contributed by atoms with Gasteiger partial charge in [0.2, 0.25) is 0 Å². The van der Waals surface area contributed by atoms with E-state index in [1.165, 1.54) is 43.1 Å². The Morgan fingerprint density at radius 1 is 0.277 bits per heavy atom. The van der Waals surface area contributed by atoms with Crippen molar-refractivity contribution in [3.05, 3.63) is 219 Å². The SMILES string of the molecule is c1cncc(-c2ccc(-c3nc(-c4cc(-c5cc6ccccc6c6ccccc56)cc(-c5cc6ccccc6c6ccccc56)c4)nc(-c4ccc5c(c4)oc4ccccc45)n3)cc2)c1. The zero-order chi connectivity index (χ0) is 42.8. The maximum absolute atomic E-state index is 6.38. The minimum absolute atomic E-state index is 0.558. The van der Waals surface area contributed by atoms with Crippen LogP contribution in [-0.4, -0.2) is 19.9 Å². The summed E-state index contributed by atoms with van der Waals surface area (Å²) in [6.45, 7) is 0. The van der Waals surface area contributed by atoms with Gasteiger partial charge >= 0.3 is 0 Å². The summed E-state index contributed by atoms with van der Waals surface area (Å²) in [5.74, 6) is 1.71. The molecule has 0 spiro atoms. The van der Waals surface area contributed by atoms with Gasteiger partial charge in [-0.1, -0.05) is 152 Å². The van der Waals surface area contributed by atoms with Crippen LogP contribution in [0.15, 0.2) is 223 Å². The van der Waals surface area contributed by atoms with E-state index in [0.29, 0.717) is 17.5 Å². The normalized spacial score (nSPS) is 11.7. The number of fused-ring (bicyclic) bond motifs is 9. The van der Waals surface area contributed by atoms with E-state index >= 15 is 0 Å². The molecule has 65 heavy (non-hydrogen) atoms. The summed E-state index contributed by atoms with van der Waals surface area (Å²) in [7, 11) is 0. The molecule has 13 aromatic rings. The molecule has 10 aromatic carbocycles. The van der Waals surface area contributed by atoms with Gasteiger partial charge in [-0.2, -0.15) is 0 Å². The Morgan fingerprint density at radius 2 is 0.754 bits per heavy atom. The summed E-state index contributed by atoms with van der Waals surface area (Å²) in [6.07, 6.45) is 3.67. The Kier molecular flexibility index (Phi) is 8.46. The second-order valence-corrected chi connectivity index (χ2v) is 16.6. The summed E-state index contributed by atoms with van der Waals surface area (Å²) >= 11 is 0. The highest BCUT2D eigenvalue weighted by Gasteiger charge is 2.19. The highest BCUT2D eigenvalue weighted by atomic mass is 16.3. The molecule has 0 saturated carbocycles. The van der Waals surface area contributed by atoms with Crippen LogP contribution < -0.4 is 0 Å². The van der Waals surface area contributed by atoms with Gasteiger partial charge in [0.05, 0.1) is 0 Å². The fraction of sp³-hybridized carbons (Fsp3) is 0. The van der Waals surface area contributed by atoms with Gasteiger partial charge in [0.15, 0.2) is 17.5 Å². The molecule has 0 aliphatic carbocycles. The summed E-state index contributed by atoms with van der Waals surface area (Å²) in [5.41, 5.74) is 10.8. The number of benzene rings is 10. The molecule has 0 aliphatic heterocycles. The van der Waals surface area contributed by atoms with Crippen molar-refractivity contribution in [2.24, 2.45) is 0 Å². The van der Waals surface area contributed by atoms with E-state index < -0.39 is 0 Å². The van der Waals surface area contributed by atoms with Crippen molar-refractivity contribution in [2.45, 2.75) is 0 Å². The fourth-order valence-electron chi connectivity index (χ4n) is 9.63. The predicted molar refractivity (Wildman–Crippen MR) is 268 cm³/mol. The maximum atomic E-state index is 6.38. The molecular weight excluding hydrogens is 793 g/mol. The third-order valence-electron chi connectivity index (χ3n) is 12.8. The quantitative estimate of drug-likeness (QED) is 0.156. The van der Waals surface area contributed by atoms with E-state index in [1.807, 2.05) is 36.5 Å². The van der Waals surface area contributed by atoms with Crippen LogP contribution in [0.1, 0.15) is 0 Å². The largest absolute Gasteiger partial charge is 0.456 e. The number of nitrogens with zero attached hydrogens (tertiary/aromatic N) is 4. The van der Waals surface area contributed by atoms with Crippen LogP contribution in [-0.2, 0) is 0 Å². The maximum Gasteiger partial charge on any atom is 0.164 e. The summed E-state index contributed by atoms with van der Waals surface area (Å²) in [4.78, 5) is 20.2. The van der Waals surface area contributed by atoms with Gasteiger partial charge in [-0.3, -0.25) is 4.98 Å². The molecule has 0 aliphatic rings. The number of furan rings is 1. The summed E-state index contributed by atoms with van der Waals surface area (Å²) in [5, 5.41) is 11.7. The molecule has 0 unspecified atom stereocenters. The highest BCUT2D eigenvalue weighted by Crippen LogP contribution is 2.42. The predicted octanol–water partition coefficient (Wildman–Crippen LogP) is 15.8. The van der Waals surface area contributed by atoms with Crippen LogP contribution in [0.2, 0.25) is 0 Å². The molecule has 0 atom stereocenters. The number of para-hydroxylation sites is 1. The Balaban J connectivity index is 1.07. The fourth-order valence-corrected chi connectivity index (χ4v) is 9.63. The Hall–Kier alpha value is -8.80. The van der Waals surface area contributed by atoms with Crippen molar-refractivity contribution in [3.8, 4) is 67.5 Å². The lowest BCUT2D eigenvalue weighted by molar-refractivity contribution is 0.669. The van der Waals surface area contributed by atoms with Gasteiger partial charge in [0.1, 0.15) is 11.2 Å². The second-order valence-electron chi connectivity index (χ2n) is 16.6. The van der Waals surface area contributed by atoms with Crippen molar-refractivity contribution in [3.63, 3.8) is 0 Å². The monoisotopic (exact) mass is 828 g/mol. The average molecular weight is 829 g/mol. The van der Waals surface area contributed by atoms with E-state index in [1.54, 1.807) is 6.20 Å². The minimum atomic E-state index is 0.558. The molecule has 5 nitrogen and oxygen atoms in total. The van der Waals surface area contributed by atoms with Gasteiger partial charge in [-0.05, 0) is 131 Å². The number of hydrogen-bond acceptors (Lipinski definition) is 5. The molecule has 3 heterocycles. The second kappa shape index (κ2) is 14.9. The first-order valence-corrected chi connectivity index (χ1v) is 21.8. The minimum Gasteiger partial charge on any atom is -0.456 e. The van der Waals surface area contributed by atoms with Crippen molar-refractivity contribution >= 4 is 65.0 Å². The number of aromatic nitrogens is 4. The Labute approximate surface area is 374 Å². The van der Waals surface area contributed by atoms with E-state index in [-0.39, 0.29) is 0 Å². The van der Waals surface area contributed by atoms with Crippen LogP contribution >= 0.6 is 0 Å². The third kappa shape index (κ3) is 6.32. The van der Waals surface area contributed by atoms with Gasteiger partial charge in [-0.25, -0.2) is 15.0 Å². The lowest BCUT2D eigenvalue weighted by Gasteiger charge is -2.16. The van der Waals surface area contributed by atoms with E-state index in [2.05, 4.69) is 181 Å². The van der Waals surface area contributed by atoms with Crippen LogP contribution in [0.4, 0.5) is 0 Å². The molecule has 3 aromatic heterocycles. The summed E-state index contributed by atoms with van der Waals surface area (Å²) in [6, 6.07) is 73.0. The van der Waals surface area contributed by atoms with Gasteiger partial charge in [-0.15, -0.1) is 0 Å². The molecule has 0 amide bonds. The lowest BCUT2D eigenvalue weighted by Crippen LogP contribution is -2.01. The zero-order valence-corrected chi connectivity index (χ0v) is 35.0. The van der Waals surface area contributed by atoms with Crippen LogP contribution in [0.25, 0.3) is 133 Å². The van der Waals surface area contributed by atoms with Crippen LogP contribution in [0, 0.1) is 0 Å². The third-order valence-corrected chi connectivity index (χ3v) is 12.8. The molecule has 0 saturated heterocycles. The topological polar surface area (TPSA) is 64.7 Å². The van der Waals surface area contributed by atoms with Crippen molar-refractivity contribution in [1.82, 2.24) is 19.9 Å². The van der Waals surface area contributed by atoms with E-state index in [4.69, 9.17) is 19.4 Å². The first-order chi connectivity index (χ1) is 32.2. The Bertz CT molecular complexity index is 3870. The molecule has 0 fully saturated rings. The first kappa shape index (κ1) is 36.8. The number of hydrogen-bond donors (Lipinski definition) is 0. The van der Waals surface area contributed by atoms with Crippen molar-refractivity contribution in [2.75, 3.05) is 0 Å². The molecular formula is C60H36N4O. The first-order valence-electron chi connectivity index (χ1n) is 21.8. The van der Waals surface area contributed by atoms with Crippen LogP contribution in [0.3, 0.4) is 0 Å². The molecule has 0 bridgehead atoms. The molecule has 0 radical (unpaired) electrons. The number of pyridine rings is 1. The lowest BCUT2D eigenvalue weighted by atomic mass is 9.88. The molecule has 5 heteroatoms. The zero-order valence-electron chi connectivity index (χ0n) is 35.0. The van der Waals surface area contributed by atoms with Gasteiger partial charge < -0.3 is 4.42 Å². The van der Waals surface area contributed by atoms with Crippen LogP contribution in [0.5, 0.6) is 0 Å². The summed E-state index contributed by atoms with van der Waals surface area (Å²) < 4.78 is 6.38. The smallest absolute Gasteiger partial charge is 0.164 e. The highest BCUT2D eigenvalue weighted by molar-refractivity contribution is 6.16. The molecule has 0 N–H and O–H groups in total. The molecule has 13 rings (SSSR count). The average Bonchev–Trinajstić information content (AvgIpc) is 3.76. The van der Waals surface area contributed by atoms with Gasteiger partial charge in [0, 0.05) is 39.9 Å². The van der Waals surface area contributed by atoms with Crippen molar-refractivity contribution < 1.29 is 4.42 Å². The van der Waals surface area contributed by atoms with Gasteiger partial charge in [0.25, 0.3) is 0 Å². The molecule has 302 valence electrons. The van der Waals surface area contributed by atoms with E-state index in [0.717, 1.165) is 72.0 Å². The standard InChI is InChI=1S/C60H36N4O/c1-3-15-46-39(12-1)33-54(50-19-7-5-17-48(46)50)43-30-44(55-34-40-13-2-4-16-47(40)49-18-6-8-20-51(49)55)32-45(31-43)60-63-58(38-25-23-37(24-26-38)42-14-11-29-61-36-42)62-59(64-60)41-27-28-53-52-21-9-10-22-56(52)65-57(53)35-41/h1-36H. The number of rotatable bonds is 6. The van der Waals surface area contributed by atoms with E-state index in [9.17, 15) is 0 Å². The van der Waals surface area contributed by atoms with Crippen molar-refractivity contribution in [1.29, 1.82) is 0 Å².